The number of nitriles is 1. The van der Waals surface area contributed by atoms with E-state index in [4.69, 9.17) is 17.3 Å². The first kappa shape index (κ1) is 16.2. The van der Waals surface area contributed by atoms with Crippen molar-refractivity contribution in [3.05, 3.63) is 82.4 Å². The number of primary amides is 1. The van der Waals surface area contributed by atoms with Crippen LogP contribution in [0.4, 0.5) is 0 Å². The van der Waals surface area contributed by atoms with E-state index >= 15 is 0 Å². The number of aromatic nitrogens is 1. The Kier molecular flexibility index (Phi) is 3.87. The number of nitrogens with two attached hydrogens (primary N) is 1. The summed E-state index contributed by atoms with van der Waals surface area (Å²) >= 11 is 6.48. The number of fused-ring (bicyclic) bond motifs is 3. The van der Waals surface area contributed by atoms with Crippen molar-refractivity contribution in [2.45, 2.75) is 6.54 Å². The van der Waals surface area contributed by atoms with Crippen LogP contribution in [-0.4, -0.2) is 10.5 Å². The molecule has 1 radical (unpaired) electrons. The first-order valence-corrected chi connectivity index (χ1v) is 8.38. The molecule has 0 spiro atoms. The quantitative estimate of drug-likeness (QED) is 0.594. The summed E-state index contributed by atoms with van der Waals surface area (Å²) < 4.78 is 2.01. The molecule has 0 fully saturated rings. The van der Waals surface area contributed by atoms with Crippen LogP contribution in [0, 0.1) is 17.4 Å². The normalized spacial score (nSPS) is 10.9. The van der Waals surface area contributed by atoms with E-state index in [1.807, 2.05) is 28.8 Å². The predicted octanol–water partition coefficient (Wildman–Crippen LogP) is 4.27. The maximum atomic E-state index is 11.9. The van der Waals surface area contributed by atoms with Gasteiger partial charge in [0.15, 0.2) is 0 Å². The molecule has 4 nitrogen and oxygen atoms in total. The monoisotopic (exact) mass is 358 g/mol. The fourth-order valence-electron chi connectivity index (χ4n) is 3.37. The average Bonchev–Trinajstić information content (AvgIpc) is 2.97. The second kappa shape index (κ2) is 6.21. The van der Waals surface area contributed by atoms with Crippen molar-refractivity contribution in [3.8, 4) is 6.07 Å². The highest BCUT2D eigenvalue weighted by atomic mass is 35.5. The Morgan fingerprint density at radius 1 is 1.19 bits per heavy atom. The van der Waals surface area contributed by atoms with E-state index in [1.54, 1.807) is 30.3 Å². The molecular formula is C21H13ClN3O. The number of halogens is 1. The minimum absolute atomic E-state index is 0.429. The molecule has 0 atom stereocenters. The third kappa shape index (κ3) is 2.42. The molecule has 1 amide bonds. The smallest absolute Gasteiger partial charge is 0.249 e. The molecule has 1 aromatic heterocycles. The molecule has 0 aliphatic carbocycles. The zero-order valence-electron chi connectivity index (χ0n) is 13.7. The van der Waals surface area contributed by atoms with E-state index < -0.39 is 5.91 Å². The fourth-order valence-corrected chi connectivity index (χ4v) is 3.63. The molecule has 3 aromatic carbocycles. The molecule has 4 rings (SSSR count). The highest BCUT2D eigenvalue weighted by Crippen LogP contribution is 2.35. The van der Waals surface area contributed by atoms with Gasteiger partial charge in [-0.25, -0.2) is 0 Å². The van der Waals surface area contributed by atoms with Gasteiger partial charge in [-0.15, -0.1) is 0 Å². The Morgan fingerprint density at radius 3 is 2.77 bits per heavy atom. The molecule has 5 heteroatoms. The zero-order valence-corrected chi connectivity index (χ0v) is 14.4. The van der Waals surface area contributed by atoms with Crippen molar-refractivity contribution < 1.29 is 4.79 Å². The molecule has 26 heavy (non-hydrogen) atoms. The molecule has 0 saturated heterocycles. The maximum Gasteiger partial charge on any atom is 0.249 e. The zero-order chi connectivity index (χ0) is 18.3. The SMILES string of the molecule is N#Cc1ccccc1Cn1c2cccc(C(N)=O)c2c2[c]ccc(Cl)c21. The average molecular weight is 359 g/mol. The molecule has 0 bridgehead atoms. The predicted molar refractivity (Wildman–Crippen MR) is 102 cm³/mol. The van der Waals surface area contributed by atoms with E-state index in [0.717, 1.165) is 27.4 Å². The van der Waals surface area contributed by atoms with Crippen LogP contribution in [0.1, 0.15) is 21.5 Å². The van der Waals surface area contributed by atoms with Gasteiger partial charge in [0.2, 0.25) is 5.91 Å². The second-order valence-corrected chi connectivity index (χ2v) is 6.38. The molecule has 125 valence electrons. The maximum absolute atomic E-state index is 11.9. The standard InChI is InChI=1S/C21H13ClN3O/c22-17-9-3-7-15-19-16(21(24)26)8-4-10-18(19)25(20(15)17)12-14-6-2-1-5-13(14)11-23/h1-6,8-10H,12H2,(H2,24,26). The Labute approximate surface area is 155 Å². The molecule has 1 heterocycles. The fraction of sp³-hybridized carbons (Fsp3) is 0.0476. The second-order valence-electron chi connectivity index (χ2n) is 5.97. The lowest BCUT2D eigenvalue weighted by Crippen LogP contribution is -2.11. The van der Waals surface area contributed by atoms with Gasteiger partial charge in [-0.2, -0.15) is 5.26 Å². The first-order valence-electron chi connectivity index (χ1n) is 8.00. The van der Waals surface area contributed by atoms with Crippen LogP contribution in [0.15, 0.2) is 54.6 Å². The van der Waals surface area contributed by atoms with E-state index in [0.29, 0.717) is 22.7 Å². The van der Waals surface area contributed by atoms with Crippen LogP contribution >= 0.6 is 11.6 Å². The molecule has 4 aromatic rings. The van der Waals surface area contributed by atoms with Crippen LogP contribution in [0.25, 0.3) is 21.8 Å². The highest BCUT2D eigenvalue weighted by Gasteiger charge is 2.18. The molecular weight excluding hydrogens is 346 g/mol. The van der Waals surface area contributed by atoms with Crippen LogP contribution < -0.4 is 5.73 Å². The van der Waals surface area contributed by atoms with Gasteiger partial charge in [-0.05, 0) is 35.9 Å². The van der Waals surface area contributed by atoms with Crippen LogP contribution in [0.2, 0.25) is 5.02 Å². The van der Waals surface area contributed by atoms with Crippen molar-refractivity contribution in [1.82, 2.24) is 4.57 Å². The molecule has 0 aliphatic heterocycles. The Hall–Kier alpha value is -3.29. The van der Waals surface area contributed by atoms with Crippen molar-refractivity contribution in [2.24, 2.45) is 5.73 Å². The Morgan fingerprint density at radius 2 is 2.00 bits per heavy atom. The summed E-state index contributed by atoms with van der Waals surface area (Å²) in [6.45, 7) is 0.448. The summed E-state index contributed by atoms with van der Waals surface area (Å²) in [4.78, 5) is 11.9. The number of rotatable bonds is 3. The first-order chi connectivity index (χ1) is 12.6. The van der Waals surface area contributed by atoms with E-state index in [9.17, 15) is 10.1 Å². The van der Waals surface area contributed by atoms with Crippen molar-refractivity contribution >= 4 is 39.3 Å². The summed E-state index contributed by atoms with van der Waals surface area (Å²) in [5.74, 6) is -0.500. The van der Waals surface area contributed by atoms with Crippen molar-refractivity contribution in [2.75, 3.05) is 0 Å². The lowest BCUT2D eigenvalue weighted by molar-refractivity contribution is 0.100. The largest absolute Gasteiger partial charge is 0.366 e. The minimum Gasteiger partial charge on any atom is -0.366 e. The topological polar surface area (TPSA) is 71.8 Å². The number of nitrogens with zero attached hydrogens (tertiary/aromatic N) is 2. The van der Waals surface area contributed by atoms with Gasteiger partial charge in [0, 0.05) is 22.9 Å². The lowest BCUT2D eigenvalue weighted by Gasteiger charge is -2.10. The van der Waals surface area contributed by atoms with Crippen LogP contribution in [0.5, 0.6) is 0 Å². The van der Waals surface area contributed by atoms with Crippen LogP contribution in [0.3, 0.4) is 0 Å². The third-order valence-corrected chi connectivity index (χ3v) is 4.81. The van der Waals surface area contributed by atoms with E-state index in [2.05, 4.69) is 12.1 Å². The van der Waals surface area contributed by atoms with E-state index in [-0.39, 0.29) is 0 Å². The van der Waals surface area contributed by atoms with Crippen molar-refractivity contribution in [1.29, 1.82) is 5.26 Å². The summed E-state index contributed by atoms with van der Waals surface area (Å²) in [5.41, 5.74) is 9.08. The minimum atomic E-state index is -0.500. The number of carbonyl (C=O) groups excluding carboxylic acids is 1. The van der Waals surface area contributed by atoms with Gasteiger partial charge in [-0.1, -0.05) is 41.9 Å². The van der Waals surface area contributed by atoms with Gasteiger partial charge >= 0.3 is 0 Å². The lowest BCUT2D eigenvalue weighted by atomic mass is 10.1. The summed E-state index contributed by atoms with van der Waals surface area (Å²) in [5, 5.41) is 11.4. The Bertz CT molecular complexity index is 1220. The molecule has 0 unspecified atom stereocenters. The van der Waals surface area contributed by atoms with Gasteiger partial charge in [-0.3, -0.25) is 4.79 Å². The number of benzene rings is 3. The number of carbonyl (C=O) groups is 1. The third-order valence-electron chi connectivity index (χ3n) is 4.51. The van der Waals surface area contributed by atoms with Crippen LogP contribution in [-0.2, 0) is 6.54 Å². The highest BCUT2D eigenvalue weighted by molar-refractivity contribution is 6.36. The Balaban J connectivity index is 2.09. The molecule has 0 aliphatic rings. The summed E-state index contributed by atoms with van der Waals surface area (Å²) in [6, 6.07) is 21.7. The molecule has 2 N–H and O–H groups in total. The number of hydrogen-bond acceptors (Lipinski definition) is 2. The van der Waals surface area contributed by atoms with Gasteiger partial charge in [0.05, 0.1) is 27.7 Å². The molecule has 0 saturated carbocycles. The van der Waals surface area contributed by atoms with Crippen molar-refractivity contribution in [3.63, 3.8) is 0 Å². The van der Waals surface area contributed by atoms with E-state index in [1.165, 1.54) is 0 Å². The number of hydrogen-bond donors (Lipinski definition) is 1. The van der Waals surface area contributed by atoms with Gasteiger partial charge < -0.3 is 10.3 Å². The van der Waals surface area contributed by atoms with Gasteiger partial charge in [0.25, 0.3) is 0 Å². The number of amides is 1. The summed E-state index contributed by atoms with van der Waals surface area (Å²) in [7, 11) is 0. The van der Waals surface area contributed by atoms with Gasteiger partial charge in [0.1, 0.15) is 0 Å². The summed E-state index contributed by atoms with van der Waals surface area (Å²) in [6.07, 6.45) is 0.